The van der Waals surface area contributed by atoms with Gasteiger partial charge < -0.3 is 10.3 Å². The van der Waals surface area contributed by atoms with Crippen molar-refractivity contribution in [1.82, 2.24) is 19.6 Å². The average molecular weight is 302 g/mol. The number of amides is 1. The maximum atomic E-state index is 12.4. The Labute approximate surface area is 119 Å². The van der Waals surface area contributed by atoms with Crippen LogP contribution < -0.4 is 5.32 Å². The van der Waals surface area contributed by atoms with Crippen molar-refractivity contribution in [3.63, 3.8) is 0 Å². The zero-order valence-corrected chi connectivity index (χ0v) is 13.0. The number of sulfonamides is 1. The lowest BCUT2D eigenvalue weighted by molar-refractivity contribution is -0.121. The predicted octanol–water partition coefficient (Wildman–Crippen LogP) is 0.645. The Balaban J connectivity index is 2.86. The Morgan fingerprint density at radius 2 is 2.10 bits per heavy atom. The predicted molar refractivity (Wildman–Crippen MR) is 75.7 cm³/mol. The first-order chi connectivity index (χ1) is 9.41. The monoisotopic (exact) mass is 302 g/mol. The molecule has 0 aliphatic carbocycles. The molecule has 0 atom stereocenters. The molecule has 0 aliphatic rings. The van der Waals surface area contributed by atoms with E-state index in [4.69, 9.17) is 0 Å². The molecule has 0 aromatic carbocycles. The lowest BCUT2D eigenvalue weighted by Gasteiger charge is -2.20. The van der Waals surface area contributed by atoms with Gasteiger partial charge >= 0.3 is 0 Å². The van der Waals surface area contributed by atoms with Crippen molar-refractivity contribution in [3.8, 4) is 0 Å². The summed E-state index contributed by atoms with van der Waals surface area (Å²) in [6.45, 7) is 6.15. The van der Waals surface area contributed by atoms with Crippen LogP contribution in [0.25, 0.3) is 0 Å². The molecular formula is C12H22N4O3S. The number of rotatable bonds is 8. The van der Waals surface area contributed by atoms with Crippen molar-refractivity contribution in [2.75, 3.05) is 19.6 Å². The molecule has 1 aromatic heterocycles. The quantitative estimate of drug-likeness (QED) is 0.737. The lowest BCUT2D eigenvalue weighted by atomic mass is 10.4. The SMILES string of the molecule is CCCNC(=O)CN(CCC)S(=O)(=O)c1cnc(C)[nH]1. The van der Waals surface area contributed by atoms with E-state index in [0.29, 0.717) is 25.3 Å². The van der Waals surface area contributed by atoms with Crippen molar-refractivity contribution < 1.29 is 13.2 Å². The van der Waals surface area contributed by atoms with Crippen molar-refractivity contribution in [1.29, 1.82) is 0 Å². The van der Waals surface area contributed by atoms with Gasteiger partial charge in [0.1, 0.15) is 5.82 Å². The number of aromatic nitrogens is 2. The number of carbonyl (C=O) groups is 1. The lowest BCUT2D eigenvalue weighted by Crippen LogP contribution is -2.41. The maximum absolute atomic E-state index is 12.4. The van der Waals surface area contributed by atoms with E-state index >= 15 is 0 Å². The highest BCUT2D eigenvalue weighted by atomic mass is 32.2. The van der Waals surface area contributed by atoms with E-state index in [2.05, 4.69) is 15.3 Å². The first-order valence-corrected chi connectivity index (χ1v) is 8.14. The molecule has 7 nitrogen and oxygen atoms in total. The van der Waals surface area contributed by atoms with E-state index in [0.717, 1.165) is 6.42 Å². The molecule has 0 bridgehead atoms. The Morgan fingerprint density at radius 1 is 1.40 bits per heavy atom. The number of H-pyrrole nitrogens is 1. The molecule has 1 rings (SSSR count). The number of aryl methyl sites for hydroxylation is 1. The van der Waals surface area contributed by atoms with Crippen LogP contribution in [0.5, 0.6) is 0 Å². The van der Waals surface area contributed by atoms with Gasteiger partial charge in [-0.3, -0.25) is 4.79 Å². The molecule has 0 spiro atoms. The fourth-order valence-electron chi connectivity index (χ4n) is 1.68. The van der Waals surface area contributed by atoms with Crippen molar-refractivity contribution >= 4 is 15.9 Å². The van der Waals surface area contributed by atoms with E-state index in [-0.39, 0.29) is 17.5 Å². The molecule has 0 fully saturated rings. The molecule has 1 amide bonds. The molecule has 0 aliphatic heterocycles. The number of hydrogen-bond donors (Lipinski definition) is 2. The summed E-state index contributed by atoms with van der Waals surface area (Å²) in [6.07, 6.45) is 2.72. The molecular weight excluding hydrogens is 280 g/mol. The third-order valence-corrected chi connectivity index (χ3v) is 4.42. The third kappa shape index (κ3) is 4.31. The number of nitrogens with one attached hydrogen (secondary N) is 2. The molecule has 1 aromatic rings. The minimum Gasteiger partial charge on any atom is -0.355 e. The third-order valence-electron chi connectivity index (χ3n) is 2.66. The number of carbonyl (C=O) groups excluding carboxylic acids is 1. The van der Waals surface area contributed by atoms with Gasteiger partial charge in [-0.15, -0.1) is 0 Å². The van der Waals surface area contributed by atoms with Gasteiger partial charge in [0.25, 0.3) is 10.0 Å². The minimum atomic E-state index is -3.71. The summed E-state index contributed by atoms with van der Waals surface area (Å²) in [5, 5.41) is 2.70. The highest BCUT2D eigenvalue weighted by Gasteiger charge is 2.27. The molecule has 0 unspecified atom stereocenters. The molecule has 114 valence electrons. The van der Waals surface area contributed by atoms with E-state index < -0.39 is 10.0 Å². The smallest absolute Gasteiger partial charge is 0.260 e. The van der Waals surface area contributed by atoms with Gasteiger partial charge in [0.2, 0.25) is 5.91 Å². The largest absolute Gasteiger partial charge is 0.355 e. The molecule has 0 radical (unpaired) electrons. The number of nitrogens with zero attached hydrogens (tertiary/aromatic N) is 2. The van der Waals surface area contributed by atoms with Crippen molar-refractivity contribution in [2.45, 2.75) is 38.6 Å². The van der Waals surface area contributed by atoms with Crippen LogP contribution in [0.15, 0.2) is 11.2 Å². The fraction of sp³-hybridized carbons (Fsp3) is 0.667. The van der Waals surface area contributed by atoms with Gasteiger partial charge in [-0.1, -0.05) is 13.8 Å². The van der Waals surface area contributed by atoms with Gasteiger partial charge in [-0.05, 0) is 19.8 Å². The summed E-state index contributed by atoms with van der Waals surface area (Å²) in [4.78, 5) is 18.3. The Hall–Kier alpha value is -1.41. The van der Waals surface area contributed by atoms with Crippen LogP contribution in [0.2, 0.25) is 0 Å². The summed E-state index contributed by atoms with van der Waals surface area (Å²) in [5.74, 6) is 0.232. The number of hydrogen-bond acceptors (Lipinski definition) is 4. The van der Waals surface area contributed by atoms with Crippen LogP contribution in [0.1, 0.15) is 32.5 Å². The van der Waals surface area contributed by atoms with E-state index in [1.807, 2.05) is 13.8 Å². The molecule has 20 heavy (non-hydrogen) atoms. The number of imidazole rings is 1. The summed E-state index contributed by atoms with van der Waals surface area (Å²) >= 11 is 0. The normalized spacial score (nSPS) is 11.8. The zero-order chi connectivity index (χ0) is 15.2. The van der Waals surface area contributed by atoms with Gasteiger partial charge in [-0.2, -0.15) is 4.31 Å². The zero-order valence-electron chi connectivity index (χ0n) is 12.1. The average Bonchev–Trinajstić information content (AvgIpc) is 2.83. The highest BCUT2D eigenvalue weighted by molar-refractivity contribution is 7.89. The molecule has 0 saturated heterocycles. The summed E-state index contributed by atoms with van der Waals surface area (Å²) in [5.41, 5.74) is 0. The highest BCUT2D eigenvalue weighted by Crippen LogP contribution is 2.13. The van der Waals surface area contributed by atoms with Crippen LogP contribution in [-0.2, 0) is 14.8 Å². The fourth-order valence-corrected chi connectivity index (χ4v) is 3.13. The van der Waals surface area contributed by atoms with E-state index in [9.17, 15) is 13.2 Å². The van der Waals surface area contributed by atoms with Gasteiger partial charge in [0.15, 0.2) is 5.03 Å². The minimum absolute atomic E-state index is 0.0201. The van der Waals surface area contributed by atoms with Crippen molar-refractivity contribution in [2.24, 2.45) is 0 Å². The molecule has 2 N–H and O–H groups in total. The molecule has 0 saturated carbocycles. The van der Waals surface area contributed by atoms with Crippen LogP contribution in [0, 0.1) is 6.92 Å². The second kappa shape index (κ2) is 7.39. The molecule has 1 heterocycles. The summed E-state index contributed by atoms with van der Waals surface area (Å²) in [6, 6.07) is 0. The Kier molecular flexibility index (Phi) is 6.15. The van der Waals surface area contributed by atoms with Crippen LogP contribution in [0.3, 0.4) is 0 Å². The summed E-state index contributed by atoms with van der Waals surface area (Å²) in [7, 11) is -3.71. The standard InChI is InChI=1S/C12H22N4O3S/c1-4-6-13-11(17)9-16(7-5-2)20(18,19)12-8-14-10(3)15-12/h8H,4-7,9H2,1-3H3,(H,13,17)(H,14,15). The van der Waals surface area contributed by atoms with Crippen LogP contribution in [-0.4, -0.2) is 48.2 Å². The van der Waals surface area contributed by atoms with Gasteiger partial charge in [0.05, 0.1) is 12.7 Å². The van der Waals surface area contributed by atoms with Crippen LogP contribution >= 0.6 is 0 Å². The van der Waals surface area contributed by atoms with E-state index in [1.165, 1.54) is 10.5 Å². The second-order valence-electron chi connectivity index (χ2n) is 4.52. The number of aromatic amines is 1. The van der Waals surface area contributed by atoms with Crippen molar-refractivity contribution in [3.05, 3.63) is 12.0 Å². The Morgan fingerprint density at radius 3 is 2.60 bits per heavy atom. The topological polar surface area (TPSA) is 95.2 Å². The summed E-state index contributed by atoms with van der Waals surface area (Å²) < 4.78 is 26.0. The first-order valence-electron chi connectivity index (χ1n) is 6.70. The second-order valence-corrected chi connectivity index (χ2v) is 6.43. The van der Waals surface area contributed by atoms with Crippen LogP contribution in [0.4, 0.5) is 0 Å². The van der Waals surface area contributed by atoms with Gasteiger partial charge in [-0.25, -0.2) is 13.4 Å². The van der Waals surface area contributed by atoms with E-state index in [1.54, 1.807) is 6.92 Å². The first kappa shape index (κ1) is 16.6. The molecule has 8 heteroatoms. The Bertz CT molecular complexity index is 539. The maximum Gasteiger partial charge on any atom is 0.260 e. The van der Waals surface area contributed by atoms with Gasteiger partial charge in [0, 0.05) is 13.1 Å².